The van der Waals surface area contributed by atoms with Crippen molar-refractivity contribution in [1.82, 2.24) is 14.9 Å². The lowest BCUT2D eigenvalue weighted by Crippen LogP contribution is -2.26. The van der Waals surface area contributed by atoms with Crippen LogP contribution in [0.2, 0.25) is 0 Å². The molecule has 17 heavy (non-hydrogen) atoms. The zero-order chi connectivity index (χ0) is 11.7. The molecule has 1 saturated carbocycles. The highest BCUT2D eigenvalue weighted by Crippen LogP contribution is 2.35. The van der Waals surface area contributed by atoms with Crippen LogP contribution in [0.3, 0.4) is 0 Å². The summed E-state index contributed by atoms with van der Waals surface area (Å²) in [7, 11) is 0. The summed E-state index contributed by atoms with van der Waals surface area (Å²) in [5.74, 6) is 2.24. The third-order valence-corrected chi connectivity index (χ3v) is 4.29. The van der Waals surface area contributed by atoms with Gasteiger partial charge in [-0.15, -0.1) is 0 Å². The lowest BCUT2D eigenvalue weighted by atomic mass is 9.80. The van der Waals surface area contributed by atoms with E-state index in [9.17, 15) is 0 Å². The maximum Gasteiger partial charge on any atom is 0.126 e. The summed E-state index contributed by atoms with van der Waals surface area (Å²) in [6.07, 6.45) is 10.1. The van der Waals surface area contributed by atoms with E-state index in [0.717, 1.165) is 25.4 Å². The van der Waals surface area contributed by atoms with E-state index in [1.54, 1.807) is 0 Å². The normalized spacial score (nSPS) is 25.1. The fourth-order valence-electron chi connectivity index (χ4n) is 2.98. The highest BCUT2D eigenvalue weighted by molar-refractivity contribution is 5.09. The van der Waals surface area contributed by atoms with Crippen LogP contribution in [-0.2, 0) is 13.0 Å². The van der Waals surface area contributed by atoms with Crippen molar-refractivity contribution in [3.05, 3.63) is 17.7 Å². The van der Waals surface area contributed by atoms with Crippen molar-refractivity contribution in [3.8, 4) is 0 Å². The van der Waals surface area contributed by atoms with E-state index in [1.165, 1.54) is 43.6 Å². The molecule has 0 amide bonds. The Balaban J connectivity index is 1.80. The van der Waals surface area contributed by atoms with Crippen LogP contribution < -0.4 is 5.32 Å². The van der Waals surface area contributed by atoms with Crippen LogP contribution in [0.15, 0.2) is 6.20 Å². The van der Waals surface area contributed by atoms with Crippen LogP contribution in [0.5, 0.6) is 0 Å². The Bertz CT molecular complexity index is 379. The number of nitrogens with zero attached hydrogens (tertiary/aromatic N) is 2. The summed E-state index contributed by atoms with van der Waals surface area (Å²) < 4.78 is 2.39. The van der Waals surface area contributed by atoms with Crippen molar-refractivity contribution in [3.63, 3.8) is 0 Å². The first kappa shape index (κ1) is 11.3. The first-order valence-corrected chi connectivity index (χ1v) is 7.16. The molecular formula is C14H23N3. The van der Waals surface area contributed by atoms with Crippen molar-refractivity contribution >= 4 is 0 Å². The fourth-order valence-corrected chi connectivity index (χ4v) is 2.98. The van der Waals surface area contributed by atoms with Gasteiger partial charge in [0.15, 0.2) is 0 Å². The molecule has 0 spiro atoms. The number of aryl methyl sites for hydroxylation is 2. The van der Waals surface area contributed by atoms with E-state index in [0.29, 0.717) is 6.04 Å². The molecule has 1 aliphatic heterocycles. The number of rotatable bonds is 3. The second-order valence-corrected chi connectivity index (χ2v) is 5.53. The molecule has 1 aromatic heterocycles. The van der Waals surface area contributed by atoms with Gasteiger partial charge in [-0.25, -0.2) is 4.98 Å². The number of imidazole rings is 1. The van der Waals surface area contributed by atoms with Gasteiger partial charge >= 0.3 is 0 Å². The lowest BCUT2D eigenvalue weighted by Gasteiger charge is -2.29. The minimum atomic E-state index is 0.503. The molecule has 0 radical (unpaired) electrons. The quantitative estimate of drug-likeness (QED) is 0.870. The lowest BCUT2D eigenvalue weighted by molar-refractivity contribution is 0.258. The largest absolute Gasteiger partial charge is 0.333 e. The van der Waals surface area contributed by atoms with E-state index in [-0.39, 0.29) is 0 Å². The predicted octanol–water partition coefficient (Wildman–Crippen LogP) is 2.67. The van der Waals surface area contributed by atoms with Crippen LogP contribution in [0, 0.1) is 5.92 Å². The first-order valence-electron chi connectivity index (χ1n) is 7.16. The van der Waals surface area contributed by atoms with Crippen molar-refractivity contribution in [2.24, 2.45) is 5.92 Å². The summed E-state index contributed by atoms with van der Waals surface area (Å²) in [6.45, 7) is 4.47. The molecule has 1 atom stereocenters. The number of hydrogen-bond acceptors (Lipinski definition) is 2. The molecule has 1 unspecified atom stereocenters. The van der Waals surface area contributed by atoms with Gasteiger partial charge < -0.3 is 9.88 Å². The van der Waals surface area contributed by atoms with Crippen LogP contribution in [0.25, 0.3) is 0 Å². The Morgan fingerprint density at radius 2 is 2.29 bits per heavy atom. The minimum Gasteiger partial charge on any atom is -0.333 e. The van der Waals surface area contributed by atoms with Gasteiger partial charge in [0.1, 0.15) is 5.82 Å². The Kier molecular flexibility index (Phi) is 3.19. The van der Waals surface area contributed by atoms with E-state index in [1.807, 2.05) is 0 Å². The number of fused-ring (bicyclic) bond motifs is 1. The number of aromatic nitrogens is 2. The molecule has 3 nitrogen and oxygen atoms in total. The molecule has 1 aliphatic carbocycles. The summed E-state index contributed by atoms with van der Waals surface area (Å²) in [4.78, 5) is 4.82. The van der Waals surface area contributed by atoms with Gasteiger partial charge in [-0.3, -0.25) is 0 Å². The van der Waals surface area contributed by atoms with E-state index in [4.69, 9.17) is 4.98 Å². The molecule has 0 bridgehead atoms. The highest BCUT2D eigenvalue weighted by atomic mass is 15.1. The van der Waals surface area contributed by atoms with E-state index in [2.05, 4.69) is 23.0 Å². The van der Waals surface area contributed by atoms with Crippen molar-refractivity contribution < 1.29 is 0 Å². The zero-order valence-electron chi connectivity index (χ0n) is 10.8. The summed E-state index contributed by atoms with van der Waals surface area (Å²) >= 11 is 0. The Hall–Kier alpha value is -0.830. The van der Waals surface area contributed by atoms with Gasteiger partial charge in [-0.1, -0.05) is 26.2 Å². The first-order chi connectivity index (χ1) is 8.36. The molecule has 2 heterocycles. The van der Waals surface area contributed by atoms with Gasteiger partial charge in [0, 0.05) is 12.7 Å². The average Bonchev–Trinajstić information content (AvgIpc) is 2.61. The monoisotopic (exact) mass is 233 g/mol. The molecule has 1 aromatic rings. The molecule has 2 aliphatic rings. The maximum absolute atomic E-state index is 4.82. The standard InChI is InChI=1S/C14H23N3/c1-2-12-10-17-8-4-7-15-13(14(17)16-12)9-11-5-3-6-11/h10-11,13,15H,2-9H2,1H3. The van der Waals surface area contributed by atoms with Gasteiger partial charge in [0.25, 0.3) is 0 Å². The summed E-state index contributed by atoms with van der Waals surface area (Å²) in [5.41, 5.74) is 1.25. The maximum atomic E-state index is 4.82. The molecule has 1 fully saturated rings. The van der Waals surface area contributed by atoms with Crippen LogP contribution in [0.1, 0.15) is 56.6 Å². The molecule has 1 N–H and O–H groups in total. The smallest absolute Gasteiger partial charge is 0.126 e. The van der Waals surface area contributed by atoms with Gasteiger partial charge in [0.05, 0.1) is 11.7 Å². The van der Waals surface area contributed by atoms with Gasteiger partial charge in [0.2, 0.25) is 0 Å². The molecule has 0 aromatic carbocycles. The third-order valence-electron chi connectivity index (χ3n) is 4.29. The van der Waals surface area contributed by atoms with Crippen molar-refractivity contribution in [2.75, 3.05) is 6.54 Å². The predicted molar refractivity (Wildman–Crippen MR) is 68.9 cm³/mol. The fraction of sp³-hybridized carbons (Fsp3) is 0.786. The Labute approximate surface area is 104 Å². The molecule has 94 valence electrons. The van der Waals surface area contributed by atoms with Gasteiger partial charge in [-0.05, 0) is 31.7 Å². The molecule has 3 rings (SSSR count). The molecular weight excluding hydrogens is 210 g/mol. The van der Waals surface area contributed by atoms with Crippen molar-refractivity contribution in [1.29, 1.82) is 0 Å². The second-order valence-electron chi connectivity index (χ2n) is 5.53. The van der Waals surface area contributed by atoms with Crippen LogP contribution in [-0.4, -0.2) is 16.1 Å². The summed E-state index contributed by atoms with van der Waals surface area (Å²) in [5, 5.41) is 3.69. The SMILES string of the molecule is CCc1cn2c(n1)C(CC1CCC1)NCCC2. The molecule has 0 saturated heterocycles. The van der Waals surface area contributed by atoms with E-state index < -0.39 is 0 Å². The topological polar surface area (TPSA) is 29.9 Å². The highest BCUT2D eigenvalue weighted by Gasteiger charge is 2.27. The van der Waals surface area contributed by atoms with Gasteiger partial charge in [-0.2, -0.15) is 0 Å². The average molecular weight is 233 g/mol. The van der Waals surface area contributed by atoms with Crippen LogP contribution in [0.4, 0.5) is 0 Å². The number of nitrogens with one attached hydrogen (secondary N) is 1. The second kappa shape index (κ2) is 4.81. The zero-order valence-corrected chi connectivity index (χ0v) is 10.8. The van der Waals surface area contributed by atoms with E-state index >= 15 is 0 Å². The molecule has 3 heteroatoms. The Morgan fingerprint density at radius 3 is 3.00 bits per heavy atom. The third kappa shape index (κ3) is 2.25. The minimum absolute atomic E-state index is 0.503. The van der Waals surface area contributed by atoms with Crippen LogP contribution >= 0.6 is 0 Å². The summed E-state index contributed by atoms with van der Waals surface area (Å²) in [6, 6.07) is 0.503. The Morgan fingerprint density at radius 1 is 1.41 bits per heavy atom. The van der Waals surface area contributed by atoms with Crippen molar-refractivity contribution in [2.45, 2.75) is 58.0 Å². The number of hydrogen-bond donors (Lipinski definition) is 1.